The van der Waals surface area contributed by atoms with E-state index < -0.39 is 24.5 Å². The molecule has 2 heterocycles. The first-order chi connectivity index (χ1) is 17.5. The Morgan fingerprint density at radius 1 is 1.06 bits per heavy atom. The van der Waals surface area contributed by atoms with Crippen molar-refractivity contribution < 1.29 is 23.1 Å². The van der Waals surface area contributed by atoms with Crippen molar-refractivity contribution in [1.82, 2.24) is 5.01 Å². The molecule has 0 spiro atoms. The van der Waals surface area contributed by atoms with E-state index >= 15 is 0 Å². The highest BCUT2D eigenvalue weighted by Crippen LogP contribution is 2.44. The topological polar surface area (TPSA) is 59.0 Å². The van der Waals surface area contributed by atoms with Gasteiger partial charge in [-0.15, -0.1) is 0 Å². The molecule has 0 bridgehead atoms. The normalized spacial score (nSPS) is 20.2. The van der Waals surface area contributed by atoms with Crippen LogP contribution in [0.5, 0.6) is 0 Å². The third kappa shape index (κ3) is 5.28. The van der Waals surface area contributed by atoms with Crippen molar-refractivity contribution in [3.05, 3.63) is 99.3 Å². The number of esters is 1. The smallest absolute Gasteiger partial charge is 0.310 e. The van der Waals surface area contributed by atoms with Crippen molar-refractivity contribution in [3.8, 4) is 0 Å². The molecule has 2 atom stereocenters. The van der Waals surface area contributed by atoms with E-state index in [2.05, 4.69) is 0 Å². The highest BCUT2D eigenvalue weighted by molar-refractivity contribution is 7.08. The number of hydrogen-bond acceptors (Lipinski definition) is 5. The molecule has 2 aromatic carbocycles. The predicted molar refractivity (Wildman–Crippen MR) is 134 cm³/mol. The molecule has 5 nitrogen and oxygen atoms in total. The second-order valence-electron chi connectivity index (χ2n) is 8.91. The summed E-state index contributed by atoms with van der Waals surface area (Å²) in [5, 5.41) is 9.83. The van der Waals surface area contributed by atoms with Gasteiger partial charge in [-0.3, -0.25) is 9.59 Å². The van der Waals surface area contributed by atoms with Gasteiger partial charge in [0.1, 0.15) is 11.6 Å². The summed E-state index contributed by atoms with van der Waals surface area (Å²) in [5.74, 6) is -1.68. The summed E-state index contributed by atoms with van der Waals surface area (Å²) in [6, 6.07) is 13.7. The van der Waals surface area contributed by atoms with Gasteiger partial charge in [0, 0.05) is 5.92 Å². The van der Waals surface area contributed by atoms with Gasteiger partial charge in [-0.25, -0.2) is 13.8 Å². The summed E-state index contributed by atoms with van der Waals surface area (Å²) in [4.78, 5) is 25.5. The minimum Gasteiger partial charge on any atom is -0.455 e. The number of amides is 1. The SMILES string of the molecule is O=C(Cc1ccsc1)OCC(=O)N1N=C2/C(=C/c3ccc(F)cc3)CCCC2C1c1ccc(F)cc1. The summed E-state index contributed by atoms with van der Waals surface area (Å²) < 4.78 is 32.3. The molecule has 36 heavy (non-hydrogen) atoms. The summed E-state index contributed by atoms with van der Waals surface area (Å²) >= 11 is 1.49. The number of carbonyl (C=O) groups is 2. The predicted octanol–water partition coefficient (Wildman–Crippen LogP) is 5.94. The van der Waals surface area contributed by atoms with E-state index in [0.717, 1.165) is 47.2 Å². The average Bonchev–Trinajstić information content (AvgIpc) is 3.53. The van der Waals surface area contributed by atoms with Crippen LogP contribution in [0, 0.1) is 17.6 Å². The lowest BCUT2D eigenvalue weighted by atomic mass is 9.77. The maximum absolute atomic E-state index is 13.7. The number of allylic oxidation sites excluding steroid dienone is 1. The molecule has 1 amide bonds. The zero-order valence-electron chi connectivity index (χ0n) is 19.4. The minimum atomic E-state index is -0.485. The van der Waals surface area contributed by atoms with E-state index in [1.165, 1.54) is 40.6 Å². The standard InChI is InChI=1S/C28H24F2N2O3S/c29-22-8-4-18(5-9-22)14-21-2-1-3-24-27(21)31-32(28(24)20-6-10-23(30)11-7-20)25(33)16-35-26(34)15-19-12-13-36-17-19/h4-14,17,24,28H,1-3,15-16H2/b21-14+. The molecule has 0 N–H and O–H groups in total. The fourth-order valence-corrected chi connectivity index (χ4v) is 5.45. The van der Waals surface area contributed by atoms with Gasteiger partial charge in [0.25, 0.3) is 5.91 Å². The lowest BCUT2D eigenvalue weighted by molar-refractivity contribution is -0.152. The number of fused-ring (bicyclic) bond motifs is 1. The number of hydrazone groups is 1. The second kappa shape index (κ2) is 10.5. The van der Waals surface area contributed by atoms with Gasteiger partial charge < -0.3 is 4.74 Å². The quantitative estimate of drug-likeness (QED) is 0.389. The average molecular weight is 507 g/mol. The number of ether oxygens (including phenoxy) is 1. The van der Waals surface area contributed by atoms with Crippen LogP contribution in [0.4, 0.5) is 8.78 Å². The molecule has 1 aromatic heterocycles. The molecule has 1 fully saturated rings. The molecule has 8 heteroatoms. The van der Waals surface area contributed by atoms with Crippen molar-refractivity contribution in [2.75, 3.05) is 6.61 Å². The first-order valence-electron chi connectivity index (χ1n) is 11.8. The van der Waals surface area contributed by atoms with E-state index in [0.29, 0.717) is 0 Å². The maximum atomic E-state index is 13.7. The fraction of sp³-hybridized carbons (Fsp3) is 0.250. The Bertz CT molecular complexity index is 1300. The molecule has 0 radical (unpaired) electrons. The Morgan fingerprint density at radius 3 is 2.47 bits per heavy atom. The second-order valence-corrected chi connectivity index (χ2v) is 9.69. The molecular weight excluding hydrogens is 482 g/mol. The Hall–Kier alpha value is -3.65. The van der Waals surface area contributed by atoms with Crippen molar-refractivity contribution in [2.45, 2.75) is 31.7 Å². The number of nitrogens with zero attached hydrogens (tertiary/aromatic N) is 2. The number of halogens is 2. The monoisotopic (exact) mass is 506 g/mol. The van der Waals surface area contributed by atoms with Crippen LogP contribution in [0.2, 0.25) is 0 Å². The third-order valence-electron chi connectivity index (χ3n) is 6.46. The van der Waals surface area contributed by atoms with Gasteiger partial charge in [0.2, 0.25) is 0 Å². The van der Waals surface area contributed by atoms with Gasteiger partial charge in [-0.1, -0.05) is 24.3 Å². The van der Waals surface area contributed by atoms with Crippen molar-refractivity contribution >= 4 is 35.0 Å². The fourth-order valence-electron chi connectivity index (χ4n) is 4.78. The first kappa shape index (κ1) is 24.1. The highest BCUT2D eigenvalue weighted by atomic mass is 32.1. The van der Waals surface area contributed by atoms with Crippen LogP contribution in [-0.4, -0.2) is 29.2 Å². The molecule has 2 aliphatic rings. The van der Waals surface area contributed by atoms with E-state index in [4.69, 9.17) is 9.84 Å². The number of rotatable bonds is 6. The molecule has 3 aromatic rings. The zero-order valence-corrected chi connectivity index (χ0v) is 20.2. The molecule has 2 unspecified atom stereocenters. The van der Waals surface area contributed by atoms with Crippen LogP contribution in [0.1, 0.15) is 42.0 Å². The summed E-state index contributed by atoms with van der Waals surface area (Å²) in [7, 11) is 0. The van der Waals surface area contributed by atoms with E-state index in [-0.39, 0.29) is 24.0 Å². The lowest BCUT2D eigenvalue weighted by Crippen LogP contribution is -2.34. The van der Waals surface area contributed by atoms with Gasteiger partial charge in [0.05, 0.1) is 18.2 Å². The molecule has 1 aliphatic carbocycles. The third-order valence-corrected chi connectivity index (χ3v) is 7.20. The maximum Gasteiger partial charge on any atom is 0.310 e. The zero-order chi connectivity index (χ0) is 25.1. The highest BCUT2D eigenvalue weighted by Gasteiger charge is 2.43. The molecule has 184 valence electrons. The number of benzene rings is 2. The van der Waals surface area contributed by atoms with Gasteiger partial charge in [-0.2, -0.15) is 16.4 Å². The largest absolute Gasteiger partial charge is 0.455 e. The number of carbonyl (C=O) groups excluding carboxylic acids is 2. The van der Waals surface area contributed by atoms with Gasteiger partial charge in [0.15, 0.2) is 6.61 Å². The van der Waals surface area contributed by atoms with Crippen LogP contribution in [0.3, 0.4) is 0 Å². The molecular formula is C28H24F2N2O3S. The minimum absolute atomic E-state index is 0.0821. The molecule has 0 saturated heterocycles. The summed E-state index contributed by atoms with van der Waals surface area (Å²) in [6.07, 6.45) is 4.55. The molecule has 5 rings (SSSR count). The van der Waals surface area contributed by atoms with Crippen molar-refractivity contribution in [2.24, 2.45) is 11.0 Å². The number of thiophene rings is 1. The Labute approximate surface area is 211 Å². The summed E-state index contributed by atoms with van der Waals surface area (Å²) in [6.45, 7) is -0.429. The Kier molecular flexibility index (Phi) is 7.04. The van der Waals surface area contributed by atoms with Crippen molar-refractivity contribution in [1.29, 1.82) is 0 Å². The van der Waals surface area contributed by atoms with Crippen LogP contribution in [-0.2, 0) is 20.7 Å². The Morgan fingerprint density at radius 2 is 1.78 bits per heavy atom. The van der Waals surface area contributed by atoms with Gasteiger partial charge in [-0.05, 0) is 88.7 Å². The lowest BCUT2D eigenvalue weighted by Gasteiger charge is -2.29. The van der Waals surface area contributed by atoms with Gasteiger partial charge >= 0.3 is 5.97 Å². The number of hydrogen-bond donors (Lipinski definition) is 0. The van der Waals surface area contributed by atoms with Crippen LogP contribution >= 0.6 is 11.3 Å². The molecule has 1 saturated carbocycles. The van der Waals surface area contributed by atoms with E-state index in [1.807, 2.05) is 22.9 Å². The van der Waals surface area contributed by atoms with E-state index in [1.54, 1.807) is 24.3 Å². The first-order valence-corrected chi connectivity index (χ1v) is 12.7. The Balaban J connectivity index is 1.41. The van der Waals surface area contributed by atoms with E-state index in [9.17, 15) is 18.4 Å². The van der Waals surface area contributed by atoms with Crippen molar-refractivity contribution in [3.63, 3.8) is 0 Å². The van der Waals surface area contributed by atoms with Crippen LogP contribution in [0.25, 0.3) is 6.08 Å². The molecule has 1 aliphatic heterocycles. The summed E-state index contributed by atoms with van der Waals surface area (Å²) in [5.41, 5.74) is 4.22. The van der Waals surface area contributed by atoms with Crippen LogP contribution < -0.4 is 0 Å². The van der Waals surface area contributed by atoms with Crippen LogP contribution in [0.15, 0.2) is 76.0 Å².